The Hall–Kier alpha value is -2.28. The number of hydrazine groups is 1. The molecule has 2 N–H and O–H groups in total. The van der Waals surface area contributed by atoms with Crippen molar-refractivity contribution in [1.82, 2.24) is 10.9 Å². The minimum absolute atomic E-state index is 0.0441. The van der Waals surface area contributed by atoms with Gasteiger partial charge in [-0.3, -0.25) is 10.2 Å². The highest BCUT2D eigenvalue weighted by molar-refractivity contribution is 5.89. The molecule has 0 bridgehead atoms. The number of rotatable bonds is 1. The van der Waals surface area contributed by atoms with E-state index in [4.69, 9.17) is 5.26 Å². The highest BCUT2D eigenvalue weighted by atomic mass is 16.2. The van der Waals surface area contributed by atoms with Gasteiger partial charge in [-0.05, 0) is 37.6 Å². The second-order valence-corrected chi connectivity index (χ2v) is 4.50. The van der Waals surface area contributed by atoms with Crippen LogP contribution in [0.3, 0.4) is 0 Å². The molecule has 1 aliphatic rings. The number of carbonyl (C=O) groups excluding carboxylic acids is 1. The van der Waals surface area contributed by atoms with Crippen LogP contribution in [-0.4, -0.2) is 5.91 Å². The van der Waals surface area contributed by atoms with Gasteiger partial charge in [-0.25, -0.2) is 0 Å². The maximum absolute atomic E-state index is 11.5. The quantitative estimate of drug-likeness (QED) is 0.765. The lowest BCUT2D eigenvalue weighted by Crippen LogP contribution is -2.28. The topological polar surface area (TPSA) is 64.9 Å². The van der Waals surface area contributed by atoms with Crippen molar-refractivity contribution in [2.24, 2.45) is 5.41 Å². The molecule has 86 valence electrons. The molecule has 0 aliphatic carbocycles. The van der Waals surface area contributed by atoms with E-state index in [0.29, 0.717) is 5.56 Å². The summed E-state index contributed by atoms with van der Waals surface area (Å²) in [6, 6.07) is 9.28. The number of hydrogen-bond acceptors (Lipinski definition) is 3. The third kappa shape index (κ3) is 2.00. The van der Waals surface area contributed by atoms with Gasteiger partial charge in [-0.15, -0.1) is 0 Å². The lowest BCUT2D eigenvalue weighted by atomic mass is 9.89. The Morgan fingerprint density at radius 2 is 1.88 bits per heavy atom. The first-order valence-corrected chi connectivity index (χ1v) is 5.33. The number of hydrogen-bond donors (Lipinski definition) is 2. The van der Waals surface area contributed by atoms with Crippen LogP contribution < -0.4 is 10.9 Å². The second-order valence-electron chi connectivity index (χ2n) is 4.50. The van der Waals surface area contributed by atoms with E-state index < -0.39 is 5.41 Å². The third-order valence-electron chi connectivity index (χ3n) is 2.90. The Bertz CT molecular complexity index is 521. The molecule has 1 amide bonds. The van der Waals surface area contributed by atoms with E-state index in [1.165, 1.54) is 0 Å². The molecule has 2 rings (SSSR count). The fraction of sp³-hybridized carbons (Fsp3) is 0.231. The van der Waals surface area contributed by atoms with Crippen LogP contribution in [0, 0.1) is 16.7 Å². The number of nitriles is 1. The normalized spacial score (nSPS) is 19.6. The van der Waals surface area contributed by atoms with Crippen molar-refractivity contribution in [1.29, 1.82) is 5.26 Å². The van der Waals surface area contributed by atoms with Crippen molar-refractivity contribution >= 4 is 12.0 Å². The molecule has 0 aromatic heterocycles. The van der Waals surface area contributed by atoms with Gasteiger partial charge >= 0.3 is 0 Å². The van der Waals surface area contributed by atoms with E-state index in [0.717, 1.165) is 11.3 Å². The predicted molar refractivity (Wildman–Crippen MR) is 64.2 cm³/mol. The maximum atomic E-state index is 11.5. The molecule has 0 unspecified atom stereocenters. The van der Waals surface area contributed by atoms with E-state index in [9.17, 15) is 4.79 Å². The Balaban J connectivity index is 2.31. The van der Waals surface area contributed by atoms with Gasteiger partial charge in [0.1, 0.15) is 0 Å². The monoisotopic (exact) mass is 227 g/mol. The maximum Gasteiger partial charge on any atom is 0.249 e. The molecule has 4 heteroatoms. The van der Waals surface area contributed by atoms with E-state index in [-0.39, 0.29) is 5.91 Å². The van der Waals surface area contributed by atoms with Gasteiger partial charge < -0.3 is 5.43 Å². The van der Waals surface area contributed by atoms with E-state index >= 15 is 0 Å². The molecule has 0 spiro atoms. The molecular formula is C13H13N3O. The minimum Gasteiger partial charge on any atom is -0.302 e. The standard InChI is InChI=1S/C13H13N3O/c1-13(2)11(15-16-12(13)17)7-9-3-5-10(8-14)6-4-9/h3-7,15H,1-2H3,(H,16,17)/b11-7-. The predicted octanol–water partition coefficient (Wildman–Crippen LogP) is 1.56. The molecule has 1 heterocycles. The SMILES string of the molecule is CC1(C)C(=O)NN/C1=C\c1ccc(C#N)cc1. The molecule has 1 fully saturated rings. The number of carbonyl (C=O) groups is 1. The van der Waals surface area contributed by atoms with Gasteiger partial charge in [0.15, 0.2) is 0 Å². The highest BCUT2D eigenvalue weighted by Gasteiger charge is 2.37. The molecule has 4 nitrogen and oxygen atoms in total. The van der Waals surface area contributed by atoms with Gasteiger partial charge in [0, 0.05) is 5.70 Å². The van der Waals surface area contributed by atoms with Gasteiger partial charge in [-0.1, -0.05) is 12.1 Å². The summed E-state index contributed by atoms with van der Waals surface area (Å²) in [6.45, 7) is 3.72. The molecule has 1 aliphatic heterocycles. The number of nitrogens with zero attached hydrogens (tertiary/aromatic N) is 1. The first-order chi connectivity index (χ1) is 8.04. The zero-order chi connectivity index (χ0) is 12.5. The third-order valence-corrected chi connectivity index (χ3v) is 2.90. The van der Waals surface area contributed by atoms with Crippen LogP contribution in [0.5, 0.6) is 0 Å². The van der Waals surface area contributed by atoms with E-state index in [2.05, 4.69) is 16.9 Å². The first-order valence-electron chi connectivity index (χ1n) is 5.33. The van der Waals surface area contributed by atoms with Crippen molar-refractivity contribution in [2.75, 3.05) is 0 Å². The van der Waals surface area contributed by atoms with Gasteiger partial charge in [0.05, 0.1) is 17.0 Å². The van der Waals surface area contributed by atoms with Gasteiger partial charge in [-0.2, -0.15) is 5.26 Å². The molecule has 1 aromatic rings. The molecule has 17 heavy (non-hydrogen) atoms. The summed E-state index contributed by atoms with van der Waals surface area (Å²) in [5, 5.41) is 8.70. The van der Waals surface area contributed by atoms with Crippen molar-refractivity contribution in [3.8, 4) is 6.07 Å². The van der Waals surface area contributed by atoms with Crippen LogP contribution in [0.1, 0.15) is 25.0 Å². The van der Waals surface area contributed by atoms with Crippen LogP contribution >= 0.6 is 0 Å². The fourth-order valence-corrected chi connectivity index (χ4v) is 1.60. The van der Waals surface area contributed by atoms with Crippen LogP contribution in [0.25, 0.3) is 6.08 Å². The second kappa shape index (κ2) is 3.95. The molecule has 0 saturated carbocycles. The molecular weight excluding hydrogens is 214 g/mol. The average molecular weight is 227 g/mol. The van der Waals surface area contributed by atoms with Crippen molar-refractivity contribution < 1.29 is 4.79 Å². The Kier molecular flexibility index (Phi) is 2.60. The summed E-state index contributed by atoms with van der Waals surface area (Å²) in [7, 11) is 0. The summed E-state index contributed by atoms with van der Waals surface area (Å²) in [6.07, 6.45) is 1.90. The zero-order valence-corrected chi connectivity index (χ0v) is 9.74. The van der Waals surface area contributed by atoms with Crippen LogP contribution in [0.15, 0.2) is 30.0 Å². The van der Waals surface area contributed by atoms with Gasteiger partial charge in [0.25, 0.3) is 0 Å². The average Bonchev–Trinajstić information content (AvgIpc) is 2.57. The fourth-order valence-electron chi connectivity index (χ4n) is 1.60. The lowest BCUT2D eigenvalue weighted by molar-refractivity contribution is -0.125. The summed E-state index contributed by atoms with van der Waals surface area (Å²) in [5.41, 5.74) is 7.32. The summed E-state index contributed by atoms with van der Waals surface area (Å²) in [4.78, 5) is 11.5. The molecule has 0 atom stereocenters. The lowest BCUT2D eigenvalue weighted by Gasteiger charge is -2.14. The minimum atomic E-state index is -0.548. The Morgan fingerprint density at radius 1 is 1.24 bits per heavy atom. The zero-order valence-electron chi connectivity index (χ0n) is 9.74. The molecule has 1 aromatic carbocycles. The number of amides is 1. The smallest absolute Gasteiger partial charge is 0.249 e. The van der Waals surface area contributed by atoms with Crippen LogP contribution in [0.2, 0.25) is 0 Å². The summed E-state index contributed by atoms with van der Waals surface area (Å²) < 4.78 is 0. The first kappa shape index (κ1) is 11.2. The number of benzene rings is 1. The largest absolute Gasteiger partial charge is 0.302 e. The summed E-state index contributed by atoms with van der Waals surface area (Å²) in [5.74, 6) is -0.0441. The number of nitrogens with one attached hydrogen (secondary N) is 2. The van der Waals surface area contributed by atoms with Crippen LogP contribution in [-0.2, 0) is 4.79 Å². The van der Waals surface area contributed by atoms with Crippen LogP contribution in [0.4, 0.5) is 0 Å². The van der Waals surface area contributed by atoms with Crippen molar-refractivity contribution in [3.05, 3.63) is 41.1 Å². The summed E-state index contributed by atoms with van der Waals surface area (Å²) >= 11 is 0. The Morgan fingerprint density at radius 3 is 2.35 bits per heavy atom. The van der Waals surface area contributed by atoms with E-state index in [1.807, 2.05) is 32.1 Å². The van der Waals surface area contributed by atoms with E-state index in [1.54, 1.807) is 12.1 Å². The van der Waals surface area contributed by atoms with Crippen molar-refractivity contribution in [2.45, 2.75) is 13.8 Å². The van der Waals surface area contributed by atoms with Gasteiger partial charge in [0.2, 0.25) is 5.91 Å². The molecule has 1 saturated heterocycles. The molecule has 0 radical (unpaired) electrons. The Labute approximate surface area is 99.9 Å². The van der Waals surface area contributed by atoms with Crippen molar-refractivity contribution in [3.63, 3.8) is 0 Å². The highest BCUT2D eigenvalue weighted by Crippen LogP contribution is 2.29.